The maximum atomic E-state index is 12.0. The van der Waals surface area contributed by atoms with E-state index in [0.717, 1.165) is 37.3 Å². The van der Waals surface area contributed by atoms with Gasteiger partial charge >= 0.3 is 0 Å². The Morgan fingerprint density at radius 3 is 3.04 bits per heavy atom. The lowest BCUT2D eigenvalue weighted by Crippen LogP contribution is -2.47. The average molecular weight is 338 g/mol. The molecule has 1 aromatic heterocycles. The third kappa shape index (κ3) is 5.58. The van der Waals surface area contributed by atoms with Crippen LogP contribution in [0.25, 0.3) is 0 Å². The second-order valence-corrected chi connectivity index (χ2v) is 6.91. The molecule has 1 aliphatic heterocycles. The molecule has 0 aromatic carbocycles. The predicted molar refractivity (Wildman–Crippen MR) is 91.6 cm³/mol. The molecule has 2 rings (SSSR count). The fourth-order valence-electron chi connectivity index (χ4n) is 2.88. The number of imidazole rings is 1. The van der Waals surface area contributed by atoms with E-state index in [1.54, 1.807) is 14.1 Å². The topological polar surface area (TPSA) is 81.7 Å². The number of carbonyl (C=O) groups is 1. The molecule has 1 fully saturated rings. The van der Waals surface area contributed by atoms with Gasteiger partial charge in [-0.3, -0.25) is 9.69 Å². The summed E-state index contributed by atoms with van der Waals surface area (Å²) < 4.78 is 5.53. The standard InChI is InChI=1S/C17H30N4O3/c1-4-5-6-15-18-10-14(19-15)11-21-7-8-24-13-17(23,12-21)9-16(22)20(2)3/h10,23H,4-9,11-13H2,1-3H3,(H,18,19)/t17-/m0/s1. The first kappa shape index (κ1) is 18.9. The third-order valence-corrected chi connectivity index (χ3v) is 4.26. The Balaban J connectivity index is 1.96. The minimum atomic E-state index is -1.15. The van der Waals surface area contributed by atoms with Gasteiger partial charge in [-0.1, -0.05) is 13.3 Å². The fourth-order valence-corrected chi connectivity index (χ4v) is 2.88. The zero-order valence-corrected chi connectivity index (χ0v) is 15.0. The van der Waals surface area contributed by atoms with Gasteiger partial charge in [-0.2, -0.15) is 0 Å². The smallest absolute Gasteiger partial charge is 0.225 e. The largest absolute Gasteiger partial charge is 0.386 e. The van der Waals surface area contributed by atoms with E-state index >= 15 is 0 Å². The van der Waals surface area contributed by atoms with Crippen molar-refractivity contribution in [2.24, 2.45) is 0 Å². The van der Waals surface area contributed by atoms with Gasteiger partial charge in [-0.05, 0) is 6.42 Å². The molecule has 0 spiro atoms. The van der Waals surface area contributed by atoms with Crippen LogP contribution in [-0.4, -0.2) is 76.8 Å². The van der Waals surface area contributed by atoms with Crippen molar-refractivity contribution in [3.05, 3.63) is 17.7 Å². The van der Waals surface area contributed by atoms with E-state index < -0.39 is 5.60 Å². The van der Waals surface area contributed by atoms with Crippen molar-refractivity contribution in [3.63, 3.8) is 0 Å². The van der Waals surface area contributed by atoms with Crippen molar-refractivity contribution >= 4 is 5.91 Å². The fraction of sp³-hybridized carbons (Fsp3) is 0.765. The third-order valence-electron chi connectivity index (χ3n) is 4.26. The van der Waals surface area contributed by atoms with E-state index in [2.05, 4.69) is 21.8 Å². The number of aromatic amines is 1. The molecular formula is C17H30N4O3. The number of aliphatic hydroxyl groups is 1. The highest BCUT2D eigenvalue weighted by Gasteiger charge is 2.35. The van der Waals surface area contributed by atoms with Crippen LogP contribution in [0.3, 0.4) is 0 Å². The summed E-state index contributed by atoms with van der Waals surface area (Å²) in [4.78, 5) is 23.4. The minimum Gasteiger partial charge on any atom is -0.386 e. The summed E-state index contributed by atoms with van der Waals surface area (Å²) in [5.74, 6) is 0.919. The molecule has 1 aliphatic rings. The van der Waals surface area contributed by atoms with Crippen LogP contribution in [0, 0.1) is 0 Å². The Morgan fingerprint density at radius 1 is 1.54 bits per heavy atom. The summed E-state index contributed by atoms with van der Waals surface area (Å²) in [6, 6.07) is 0. The van der Waals surface area contributed by atoms with Crippen LogP contribution in [0.1, 0.15) is 37.7 Å². The predicted octanol–water partition coefficient (Wildman–Crippen LogP) is 0.794. The van der Waals surface area contributed by atoms with E-state index in [4.69, 9.17) is 4.74 Å². The van der Waals surface area contributed by atoms with Crippen LogP contribution in [0.15, 0.2) is 6.20 Å². The van der Waals surface area contributed by atoms with E-state index in [1.165, 1.54) is 4.90 Å². The van der Waals surface area contributed by atoms with E-state index in [0.29, 0.717) is 19.7 Å². The van der Waals surface area contributed by atoms with Crippen molar-refractivity contribution in [2.45, 2.75) is 44.8 Å². The summed E-state index contributed by atoms with van der Waals surface area (Å²) in [5.41, 5.74) is -0.118. The number of β-amino-alcohol motifs (C(OH)–C–C–N with tert-alkyl or cyclic N) is 1. The molecule has 24 heavy (non-hydrogen) atoms. The summed E-state index contributed by atoms with van der Waals surface area (Å²) in [7, 11) is 3.40. The number of nitrogens with one attached hydrogen (secondary N) is 1. The molecule has 1 saturated heterocycles. The second-order valence-electron chi connectivity index (χ2n) is 6.91. The Bertz CT molecular complexity index is 532. The lowest BCUT2D eigenvalue weighted by atomic mass is 9.99. The van der Waals surface area contributed by atoms with Crippen molar-refractivity contribution in [1.29, 1.82) is 0 Å². The Labute approximate surface area is 144 Å². The summed E-state index contributed by atoms with van der Waals surface area (Å²) >= 11 is 0. The number of hydrogen-bond donors (Lipinski definition) is 2. The first-order valence-electron chi connectivity index (χ1n) is 8.67. The molecule has 1 amide bonds. The molecule has 0 radical (unpaired) electrons. The van der Waals surface area contributed by atoms with Crippen LogP contribution in [0.4, 0.5) is 0 Å². The highest BCUT2D eigenvalue weighted by Crippen LogP contribution is 2.19. The van der Waals surface area contributed by atoms with Gasteiger partial charge in [0.2, 0.25) is 5.91 Å². The number of aromatic nitrogens is 2. The van der Waals surface area contributed by atoms with E-state index in [1.807, 2.05) is 6.20 Å². The highest BCUT2D eigenvalue weighted by atomic mass is 16.5. The van der Waals surface area contributed by atoms with Crippen LogP contribution in [0.5, 0.6) is 0 Å². The lowest BCUT2D eigenvalue weighted by Gasteiger charge is -2.30. The molecule has 0 unspecified atom stereocenters. The van der Waals surface area contributed by atoms with Gasteiger partial charge in [0.05, 0.1) is 19.6 Å². The molecule has 0 aliphatic carbocycles. The number of unbranched alkanes of at least 4 members (excludes halogenated alkanes) is 1. The number of carbonyl (C=O) groups excluding carboxylic acids is 1. The monoisotopic (exact) mass is 338 g/mol. The zero-order chi connectivity index (χ0) is 17.6. The maximum absolute atomic E-state index is 12.0. The van der Waals surface area contributed by atoms with Crippen LogP contribution >= 0.6 is 0 Å². The number of nitrogens with zero attached hydrogens (tertiary/aromatic N) is 3. The number of amides is 1. The molecule has 0 saturated carbocycles. The van der Waals surface area contributed by atoms with Gasteiger partial charge in [0.15, 0.2) is 0 Å². The Kier molecular flexibility index (Phi) is 6.77. The first-order chi connectivity index (χ1) is 11.4. The first-order valence-corrected chi connectivity index (χ1v) is 8.67. The lowest BCUT2D eigenvalue weighted by molar-refractivity contribution is -0.136. The van der Waals surface area contributed by atoms with Gasteiger partial charge in [-0.15, -0.1) is 0 Å². The van der Waals surface area contributed by atoms with Crippen molar-refractivity contribution < 1.29 is 14.6 Å². The van der Waals surface area contributed by atoms with E-state index in [9.17, 15) is 9.90 Å². The van der Waals surface area contributed by atoms with Gasteiger partial charge in [-0.25, -0.2) is 4.98 Å². The Morgan fingerprint density at radius 2 is 2.33 bits per heavy atom. The number of ether oxygens (including phenoxy) is 1. The Hall–Kier alpha value is -1.44. The van der Waals surface area contributed by atoms with Gasteiger partial charge in [0.1, 0.15) is 11.4 Å². The van der Waals surface area contributed by atoms with Gasteiger partial charge in [0, 0.05) is 52.0 Å². The normalized spacial score (nSPS) is 22.3. The summed E-state index contributed by atoms with van der Waals surface area (Å²) in [6.07, 6.45) is 5.16. The molecule has 1 aromatic rings. The average Bonchev–Trinajstić information content (AvgIpc) is 2.88. The van der Waals surface area contributed by atoms with Crippen LogP contribution < -0.4 is 0 Å². The molecular weight excluding hydrogens is 308 g/mol. The molecule has 0 bridgehead atoms. The second kappa shape index (κ2) is 8.60. The molecule has 2 N–H and O–H groups in total. The molecule has 7 nitrogen and oxygen atoms in total. The minimum absolute atomic E-state index is 0.0707. The van der Waals surface area contributed by atoms with Crippen molar-refractivity contribution in [3.8, 4) is 0 Å². The van der Waals surface area contributed by atoms with Crippen LogP contribution in [-0.2, 0) is 22.5 Å². The quantitative estimate of drug-likeness (QED) is 0.768. The molecule has 7 heteroatoms. The molecule has 136 valence electrons. The maximum Gasteiger partial charge on any atom is 0.225 e. The molecule has 2 heterocycles. The number of hydrogen-bond acceptors (Lipinski definition) is 5. The highest BCUT2D eigenvalue weighted by molar-refractivity contribution is 5.76. The number of H-pyrrole nitrogens is 1. The van der Waals surface area contributed by atoms with Crippen molar-refractivity contribution in [1.82, 2.24) is 19.8 Å². The SMILES string of the molecule is CCCCc1ncc(CN2CCOC[C@](O)(CC(=O)N(C)C)C2)[nH]1. The number of rotatable bonds is 7. The molecule has 1 atom stereocenters. The van der Waals surface area contributed by atoms with Gasteiger partial charge in [0.25, 0.3) is 0 Å². The van der Waals surface area contributed by atoms with E-state index in [-0.39, 0.29) is 18.9 Å². The van der Waals surface area contributed by atoms with Crippen LogP contribution in [0.2, 0.25) is 0 Å². The van der Waals surface area contributed by atoms with Gasteiger partial charge < -0.3 is 19.7 Å². The zero-order valence-electron chi connectivity index (χ0n) is 15.0. The number of aryl methyl sites for hydroxylation is 1. The summed E-state index contributed by atoms with van der Waals surface area (Å²) in [6.45, 7) is 4.71. The summed E-state index contributed by atoms with van der Waals surface area (Å²) in [5, 5.41) is 10.8. The van der Waals surface area contributed by atoms with Crippen molar-refractivity contribution in [2.75, 3.05) is 40.4 Å².